The Kier molecular flexibility index (Phi) is 4.29. The maximum atomic E-state index is 12.1. The molecule has 0 heterocycles. The predicted molar refractivity (Wildman–Crippen MR) is 92.1 cm³/mol. The van der Waals surface area contributed by atoms with Gasteiger partial charge in [0, 0.05) is 11.6 Å². The van der Waals surface area contributed by atoms with Gasteiger partial charge in [0.1, 0.15) is 5.56 Å². The Morgan fingerprint density at radius 2 is 1.71 bits per heavy atom. The van der Waals surface area contributed by atoms with Crippen molar-refractivity contribution in [3.63, 3.8) is 0 Å². The van der Waals surface area contributed by atoms with Gasteiger partial charge in [0.15, 0.2) is 0 Å². The number of nitrogens with one attached hydrogen (secondary N) is 1. The molecule has 3 aromatic rings. The van der Waals surface area contributed by atoms with E-state index >= 15 is 0 Å². The van der Waals surface area contributed by atoms with Crippen molar-refractivity contribution >= 4 is 28.6 Å². The summed E-state index contributed by atoms with van der Waals surface area (Å²) in [5, 5.41) is 16.9. The molecule has 0 unspecified atom stereocenters. The second-order valence-electron chi connectivity index (χ2n) is 5.04. The third kappa shape index (κ3) is 3.12. The van der Waals surface area contributed by atoms with Crippen molar-refractivity contribution in [2.24, 2.45) is 5.10 Å². The summed E-state index contributed by atoms with van der Waals surface area (Å²) in [5.74, 6) is -0.626. The number of para-hydroxylation sites is 1. The lowest BCUT2D eigenvalue weighted by atomic mass is 10.1. The molecule has 1 amide bonds. The van der Waals surface area contributed by atoms with E-state index in [2.05, 4.69) is 10.5 Å². The van der Waals surface area contributed by atoms with E-state index < -0.39 is 10.8 Å². The Bertz CT molecular complexity index is 946. The number of fused-ring (bicyclic) bond motifs is 1. The van der Waals surface area contributed by atoms with Gasteiger partial charge in [-0.15, -0.1) is 0 Å². The van der Waals surface area contributed by atoms with Crippen LogP contribution < -0.4 is 5.43 Å². The van der Waals surface area contributed by atoms with Crippen LogP contribution >= 0.6 is 0 Å². The van der Waals surface area contributed by atoms with Gasteiger partial charge in [0.05, 0.1) is 11.1 Å². The first-order valence-corrected chi connectivity index (χ1v) is 7.21. The zero-order valence-electron chi connectivity index (χ0n) is 12.5. The molecular formula is C18H13N3O3. The second kappa shape index (κ2) is 6.70. The van der Waals surface area contributed by atoms with Crippen LogP contribution in [0, 0.1) is 10.1 Å². The van der Waals surface area contributed by atoms with Gasteiger partial charge in [0.2, 0.25) is 0 Å². The SMILES string of the molecule is O=C(N/N=C\c1cccc2ccccc12)c1ccccc1[N+](=O)[O-]. The van der Waals surface area contributed by atoms with E-state index in [1.807, 2.05) is 42.5 Å². The largest absolute Gasteiger partial charge is 0.282 e. The highest BCUT2D eigenvalue weighted by atomic mass is 16.6. The number of nitrogens with zero attached hydrogens (tertiary/aromatic N) is 2. The summed E-state index contributed by atoms with van der Waals surface area (Å²) in [6.07, 6.45) is 1.52. The van der Waals surface area contributed by atoms with Crippen molar-refractivity contribution in [2.45, 2.75) is 0 Å². The van der Waals surface area contributed by atoms with Crippen molar-refractivity contribution in [1.29, 1.82) is 0 Å². The van der Waals surface area contributed by atoms with Gasteiger partial charge in [0.25, 0.3) is 11.6 Å². The number of carbonyl (C=O) groups is 1. The van der Waals surface area contributed by atoms with E-state index in [4.69, 9.17) is 0 Å². The normalized spacial score (nSPS) is 10.8. The molecule has 118 valence electrons. The summed E-state index contributed by atoms with van der Waals surface area (Å²) in [5.41, 5.74) is 2.89. The number of hydrazone groups is 1. The van der Waals surface area contributed by atoms with Gasteiger partial charge in [-0.2, -0.15) is 5.10 Å². The Hall–Kier alpha value is -3.54. The minimum Gasteiger partial charge on any atom is -0.267 e. The van der Waals surface area contributed by atoms with E-state index in [1.54, 1.807) is 6.07 Å². The molecule has 6 heteroatoms. The number of hydrogen-bond acceptors (Lipinski definition) is 4. The van der Waals surface area contributed by atoms with E-state index in [9.17, 15) is 14.9 Å². The highest BCUT2D eigenvalue weighted by Gasteiger charge is 2.18. The third-order valence-corrected chi connectivity index (χ3v) is 3.54. The number of nitro benzene ring substituents is 1. The molecule has 3 aromatic carbocycles. The zero-order valence-corrected chi connectivity index (χ0v) is 12.5. The van der Waals surface area contributed by atoms with Crippen LogP contribution in [0.3, 0.4) is 0 Å². The van der Waals surface area contributed by atoms with E-state index in [0.717, 1.165) is 16.3 Å². The first kappa shape index (κ1) is 15.4. The Morgan fingerprint density at radius 3 is 2.54 bits per heavy atom. The van der Waals surface area contributed by atoms with E-state index in [-0.39, 0.29) is 11.3 Å². The summed E-state index contributed by atoms with van der Waals surface area (Å²) in [6, 6.07) is 19.3. The lowest BCUT2D eigenvalue weighted by molar-refractivity contribution is -0.385. The van der Waals surface area contributed by atoms with Gasteiger partial charge >= 0.3 is 0 Å². The molecule has 0 saturated heterocycles. The minimum absolute atomic E-state index is 0.0300. The summed E-state index contributed by atoms with van der Waals surface area (Å²) < 4.78 is 0. The average molecular weight is 319 g/mol. The summed E-state index contributed by atoms with van der Waals surface area (Å²) in [6.45, 7) is 0. The van der Waals surface area contributed by atoms with Crippen molar-refractivity contribution in [1.82, 2.24) is 5.43 Å². The van der Waals surface area contributed by atoms with E-state index in [1.165, 1.54) is 24.4 Å². The number of amides is 1. The van der Waals surface area contributed by atoms with E-state index in [0.29, 0.717) is 0 Å². The van der Waals surface area contributed by atoms with Crippen molar-refractivity contribution < 1.29 is 9.72 Å². The highest BCUT2D eigenvalue weighted by Crippen LogP contribution is 2.18. The van der Waals surface area contributed by atoms with Crippen LogP contribution in [0.25, 0.3) is 10.8 Å². The van der Waals surface area contributed by atoms with Gasteiger partial charge in [-0.25, -0.2) is 5.43 Å². The minimum atomic E-state index is -0.626. The predicted octanol–water partition coefficient (Wildman–Crippen LogP) is 3.51. The fourth-order valence-corrected chi connectivity index (χ4v) is 2.41. The van der Waals surface area contributed by atoms with Crippen LogP contribution in [-0.2, 0) is 0 Å². The molecule has 0 aromatic heterocycles. The first-order chi connectivity index (χ1) is 11.7. The van der Waals surface area contributed by atoms with Crippen LogP contribution in [0.1, 0.15) is 15.9 Å². The molecule has 0 spiro atoms. The van der Waals surface area contributed by atoms with Gasteiger partial charge in [-0.1, -0.05) is 54.6 Å². The monoisotopic (exact) mass is 319 g/mol. The maximum Gasteiger partial charge on any atom is 0.282 e. The number of carbonyl (C=O) groups excluding carboxylic acids is 1. The Balaban J connectivity index is 1.81. The van der Waals surface area contributed by atoms with Gasteiger partial charge < -0.3 is 0 Å². The molecule has 3 rings (SSSR count). The Labute approximate surface area is 137 Å². The molecule has 6 nitrogen and oxygen atoms in total. The number of hydrogen-bond donors (Lipinski definition) is 1. The smallest absolute Gasteiger partial charge is 0.267 e. The lowest BCUT2D eigenvalue weighted by Gasteiger charge is -2.02. The molecule has 0 radical (unpaired) electrons. The van der Waals surface area contributed by atoms with Crippen LogP contribution in [0.4, 0.5) is 5.69 Å². The summed E-state index contributed by atoms with van der Waals surface area (Å²) in [7, 11) is 0. The molecular weight excluding hydrogens is 306 g/mol. The topological polar surface area (TPSA) is 84.6 Å². The fourth-order valence-electron chi connectivity index (χ4n) is 2.41. The van der Waals surface area contributed by atoms with Crippen molar-refractivity contribution in [3.05, 3.63) is 88.0 Å². The standard InChI is InChI=1S/C18H13N3O3/c22-18(16-10-3-4-11-17(16)21(23)24)20-19-12-14-8-5-7-13-6-1-2-9-15(13)14/h1-12H,(H,20,22)/b19-12-. The van der Waals surface area contributed by atoms with Crippen LogP contribution in [0.2, 0.25) is 0 Å². The van der Waals surface area contributed by atoms with Crippen molar-refractivity contribution in [3.8, 4) is 0 Å². The van der Waals surface area contributed by atoms with Gasteiger partial charge in [-0.05, 0) is 16.8 Å². The molecule has 0 aliphatic heterocycles. The Morgan fingerprint density at radius 1 is 1.00 bits per heavy atom. The maximum absolute atomic E-state index is 12.1. The number of benzene rings is 3. The second-order valence-corrected chi connectivity index (χ2v) is 5.04. The summed E-state index contributed by atoms with van der Waals surface area (Å²) in [4.78, 5) is 22.5. The molecule has 0 fully saturated rings. The third-order valence-electron chi connectivity index (χ3n) is 3.54. The lowest BCUT2D eigenvalue weighted by Crippen LogP contribution is -2.18. The number of nitro groups is 1. The molecule has 0 aliphatic carbocycles. The average Bonchev–Trinajstić information content (AvgIpc) is 2.61. The first-order valence-electron chi connectivity index (χ1n) is 7.21. The molecule has 0 saturated carbocycles. The molecule has 0 aliphatic rings. The molecule has 1 N–H and O–H groups in total. The van der Waals surface area contributed by atoms with Crippen LogP contribution in [0.15, 0.2) is 71.8 Å². The van der Waals surface area contributed by atoms with Gasteiger partial charge in [-0.3, -0.25) is 14.9 Å². The molecule has 0 atom stereocenters. The number of rotatable bonds is 4. The highest BCUT2D eigenvalue weighted by molar-refractivity contribution is 6.01. The fraction of sp³-hybridized carbons (Fsp3) is 0. The van der Waals surface area contributed by atoms with Crippen molar-refractivity contribution in [2.75, 3.05) is 0 Å². The summed E-state index contributed by atoms with van der Waals surface area (Å²) >= 11 is 0. The zero-order chi connectivity index (χ0) is 16.9. The molecule has 0 bridgehead atoms. The molecule has 24 heavy (non-hydrogen) atoms. The van der Waals surface area contributed by atoms with Crippen LogP contribution in [-0.4, -0.2) is 17.0 Å². The van der Waals surface area contributed by atoms with Crippen LogP contribution in [0.5, 0.6) is 0 Å². The quantitative estimate of drug-likeness (QED) is 0.453.